The minimum absolute atomic E-state index is 0.0630. The quantitative estimate of drug-likeness (QED) is 0.643. The third kappa shape index (κ3) is 2.86. The molecule has 0 spiro atoms. The number of hydrogen-bond acceptors (Lipinski definition) is 5. The van der Waals surface area contributed by atoms with Crippen molar-refractivity contribution < 1.29 is 9.66 Å². The van der Waals surface area contributed by atoms with Crippen LogP contribution in [0.5, 0.6) is 5.75 Å². The Bertz CT molecular complexity index is 701. The minimum atomic E-state index is -0.390. The highest BCUT2D eigenvalue weighted by Crippen LogP contribution is 2.39. The van der Waals surface area contributed by atoms with E-state index in [4.69, 9.17) is 4.74 Å². The minimum Gasteiger partial charge on any atom is -0.484 e. The molecule has 0 N–H and O–H groups in total. The molecule has 3 rings (SSSR count). The Morgan fingerprint density at radius 1 is 1.36 bits per heavy atom. The number of nitrogens with zero attached hydrogens (tertiary/aromatic N) is 3. The largest absolute Gasteiger partial charge is 0.484 e. The normalized spacial score (nSPS) is 15.8. The second kappa shape index (κ2) is 5.29. The molecule has 1 aromatic carbocycles. The van der Waals surface area contributed by atoms with Crippen LogP contribution in [0.15, 0.2) is 42.6 Å². The molecule has 0 saturated carbocycles. The number of anilines is 1. The van der Waals surface area contributed by atoms with Crippen molar-refractivity contribution in [1.82, 2.24) is 4.98 Å². The molecule has 6 nitrogen and oxygen atoms in total. The molecule has 114 valence electrons. The summed E-state index contributed by atoms with van der Waals surface area (Å²) in [6.07, 6.45) is 1.75. The molecule has 0 atom stereocenters. The molecule has 6 heteroatoms. The van der Waals surface area contributed by atoms with Crippen LogP contribution in [0, 0.1) is 10.1 Å². The number of ether oxygens (including phenoxy) is 1. The zero-order valence-electron chi connectivity index (χ0n) is 12.5. The SMILES string of the molecule is CC1(C)CN(Cc2ccccn2)c2cc([N+](=O)[O-])ccc2O1. The van der Waals surface area contributed by atoms with E-state index in [0.29, 0.717) is 18.8 Å². The van der Waals surface area contributed by atoms with E-state index < -0.39 is 0 Å². The van der Waals surface area contributed by atoms with Crippen molar-refractivity contribution >= 4 is 11.4 Å². The number of nitro benzene ring substituents is 1. The van der Waals surface area contributed by atoms with E-state index in [0.717, 1.165) is 11.4 Å². The van der Waals surface area contributed by atoms with Crippen molar-refractivity contribution in [3.63, 3.8) is 0 Å². The Balaban J connectivity index is 1.99. The zero-order chi connectivity index (χ0) is 15.7. The van der Waals surface area contributed by atoms with Gasteiger partial charge in [0.15, 0.2) is 0 Å². The van der Waals surface area contributed by atoms with Gasteiger partial charge in [-0.3, -0.25) is 15.1 Å². The summed E-state index contributed by atoms with van der Waals surface area (Å²) in [5, 5.41) is 11.0. The predicted octanol–water partition coefficient (Wildman–Crippen LogP) is 3.17. The van der Waals surface area contributed by atoms with Crippen LogP contribution in [0.3, 0.4) is 0 Å². The fourth-order valence-electron chi connectivity index (χ4n) is 2.66. The zero-order valence-corrected chi connectivity index (χ0v) is 12.5. The number of pyridine rings is 1. The first-order valence-electron chi connectivity index (χ1n) is 7.07. The van der Waals surface area contributed by atoms with Gasteiger partial charge in [-0.25, -0.2) is 0 Å². The summed E-state index contributed by atoms with van der Waals surface area (Å²) in [5.74, 6) is 0.665. The fraction of sp³-hybridized carbons (Fsp3) is 0.312. The molecule has 0 radical (unpaired) electrons. The van der Waals surface area contributed by atoms with Crippen LogP contribution < -0.4 is 9.64 Å². The Hall–Kier alpha value is -2.63. The maximum absolute atomic E-state index is 11.0. The van der Waals surface area contributed by atoms with Crippen molar-refractivity contribution in [3.05, 3.63) is 58.4 Å². The molecule has 1 aliphatic heterocycles. The second-order valence-electron chi connectivity index (χ2n) is 5.95. The van der Waals surface area contributed by atoms with Gasteiger partial charge < -0.3 is 9.64 Å². The van der Waals surface area contributed by atoms with Crippen molar-refractivity contribution in [2.45, 2.75) is 26.0 Å². The summed E-state index contributed by atoms with van der Waals surface area (Å²) >= 11 is 0. The molecular formula is C16H17N3O3. The average molecular weight is 299 g/mol. The third-order valence-electron chi connectivity index (χ3n) is 3.53. The van der Waals surface area contributed by atoms with E-state index in [1.165, 1.54) is 6.07 Å². The smallest absolute Gasteiger partial charge is 0.271 e. The lowest BCUT2D eigenvalue weighted by molar-refractivity contribution is -0.384. The van der Waals surface area contributed by atoms with Crippen molar-refractivity contribution in [3.8, 4) is 5.75 Å². The van der Waals surface area contributed by atoms with E-state index >= 15 is 0 Å². The summed E-state index contributed by atoms with van der Waals surface area (Å²) in [4.78, 5) is 17.0. The van der Waals surface area contributed by atoms with E-state index in [9.17, 15) is 10.1 Å². The first-order chi connectivity index (χ1) is 10.4. The molecule has 0 unspecified atom stereocenters. The van der Waals surface area contributed by atoms with Crippen LogP contribution in [0.4, 0.5) is 11.4 Å². The Labute approximate surface area is 128 Å². The Kier molecular flexibility index (Phi) is 3.44. The summed E-state index contributed by atoms with van der Waals surface area (Å²) in [6.45, 7) is 5.23. The van der Waals surface area contributed by atoms with Crippen molar-refractivity contribution in [2.75, 3.05) is 11.4 Å². The van der Waals surface area contributed by atoms with Crippen LogP contribution >= 0.6 is 0 Å². The molecule has 22 heavy (non-hydrogen) atoms. The fourth-order valence-corrected chi connectivity index (χ4v) is 2.66. The number of benzene rings is 1. The van der Waals surface area contributed by atoms with Gasteiger partial charge in [-0.05, 0) is 32.0 Å². The van der Waals surface area contributed by atoms with Gasteiger partial charge in [0.1, 0.15) is 11.4 Å². The lowest BCUT2D eigenvalue weighted by atomic mass is 10.0. The average Bonchev–Trinajstić information content (AvgIpc) is 2.46. The second-order valence-corrected chi connectivity index (χ2v) is 5.95. The third-order valence-corrected chi connectivity index (χ3v) is 3.53. The van der Waals surface area contributed by atoms with Crippen LogP contribution in [-0.2, 0) is 6.54 Å². The highest BCUT2D eigenvalue weighted by atomic mass is 16.6. The summed E-state index contributed by atoms with van der Waals surface area (Å²) in [7, 11) is 0. The van der Waals surface area contributed by atoms with Gasteiger partial charge in [0.2, 0.25) is 0 Å². The molecule has 0 saturated heterocycles. The number of nitro groups is 1. The molecule has 0 aliphatic carbocycles. The standard InChI is InChI=1S/C16H17N3O3/c1-16(2)11-18(10-12-5-3-4-8-17-12)14-9-13(19(20)21)6-7-15(14)22-16/h3-9H,10-11H2,1-2H3. The van der Waals surface area contributed by atoms with Crippen LogP contribution in [0.1, 0.15) is 19.5 Å². The van der Waals surface area contributed by atoms with Crippen LogP contribution in [0.25, 0.3) is 0 Å². The summed E-state index contributed by atoms with van der Waals surface area (Å²) in [6, 6.07) is 10.4. The number of aromatic nitrogens is 1. The van der Waals surface area contributed by atoms with E-state index in [1.54, 1.807) is 18.3 Å². The number of non-ortho nitro benzene ring substituents is 1. The van der Waals surface area contributed by atoms with Crippen LogP contribution in [-0.4, -0.2) is 22.1 Å². The molecular weight excluding hydrogens is 282 g/mol. The predicted molar refractivity (Wildman–Crippen MR) is 83.1 cm³/mol. The van der Waals surface area contributed by atoms with E-state index in [1.807, 2.05) is 32.0 Å². The van der Waals surface area contributed by atoms with Gasteiger partial charge >= 0.3 is 0 Å². The highest BCUT2D eigenvalue weighted by Gasteiger charge is 2.32. The number of rotatable bonds is 3. The van der Waals surface area contributed by atoms with Crippen LogP contribution in [0.2, 0.25) is 0 Å². The highest BCUT2D eigenvalue weighted by molar-refractivity contribution is 5.65. The van der Waals surface area contributed by atoms with E-state index in [-0.39, 0.29) is 16.2 Å². The molecule has 1 aromatic heterocycles. The maximum Gasteiger partial charge on any atom is 0.271 e. The van der Waals surface area contributed by atoms with E-state index in [2.05, 4.69) is 9.88 Å². The van der Waals surface area contributed by atoms with Gasteiger partial charge in [-0.15, -0.1) is 0 Å². The van der Waals surface area contributed by atoms with Gasteiger partial charge in [0.25, 0.3) is 5.69 Å². The lowest BCUT2D eigenvalue weighted by Gasteiger charge is -2.40. The van der Waals surface area contributed by atoms with Gasteiger partial charge in [0, 0.05) is 18.3 Å². The lowest BCUT2D eigenvalue weighted by Crippen LogP contribution is -2.46. The van der Waals surface area contributed by atoms with Crippen molar-refractivity contribution in [1.29, 1.82) is 0 Å². The number of fused-ring (bicyclic) bond motifs is 1. The molecule has 0 amide bonds. The Morgan fingerprint density at radius 3 is 2.86 bits per heavy atom. The molecule has 2 heterocycles. The van der Waals surface area contributed by atoms with Gasteiger partial charge in [-0.1, -0.05) is 6.07 Å². The first kappa shape index (κ1) is 14.3. The monoisotopic (exact) mass is 299 g/mol. The van der Waals surface area contributed by atoms with Crippen molar-refractivity contribution in [2.24, 2.45) is 0 Å². The maximum atomic E-state index is 11.0. The molecule has 0 bridgehead atoms. The van der Waals surface area contributed by atoms with Gasteiger partial charge in [0.05, 0.1) is 29.4 Å². The summed E-state index contributed by atoms with van der Waals surface area (Å²) in [5.41, 5.74) is 1.35. The Morgan fingerprint density at radius 2 is 2.18 bits per heavy atom. The first-order valence-corrected chi connectivity index (χ1v) is 7.07. The molecule has 2 aromatic rings. The number of hydrogen-bond donors (Lipinski definition) is 0. The topological polar surface area (TPSA) is 68.5 Å². The summed E-state index contributed by atoms with van der Waals surface area (Å²) < 4.78 is 5.94. The molecule has 0 fully saturated rings. The molecule has 1 aliphatic rings. The van der Waals surface area contributed by atoms with Gasteiger partial charge in [-0.2, -0.15) is 0 Å².